The third-order valence-corrected chi connectivity index (χ3v) is 4.06. The number of dihydropyridines is 1. The molecule has 2 heterocycles. The zero-order chi connectivity index (χ0) is 16.9. The lowest BCUT2D eigenvalue weighted by atomic mass is 10.0. The van der Waals surface area contributed by atoms with Crippen molar-refractivity contribution in [3.05, 3.63) is 59.5 Å². The first kappa shape index (κ1) is 16.2. The van der Waals surface area contributed by atoms with E-state index in [0.29, 0.717) is 11.8 Å². The van der Waals surface area contributed by atoms with Crippen LogP contribution in [0.1, 0.15) is 37.3 Å². The molecule has 3 rings (SSSR count). The Morgan fingerprint density at radius 2 is 1.88 bits per heavy atom. The van der Waals surface area contributed by atoms with E-state index >= 15 is 0 Å². The van der Waals surface area contributed by atoms with Gasteiger partial charge in [0.25, 0.3) is 0 Å². The molecule has 24 heavy (non-hydrogen) atoms. The molecule has 0 atom stereocenters. The summed E-state index contributed by atoms with van der Waals surface area (Å²) in [6.45, 7) is 5.10. The summed E-state index contributed by atoms with van der Waals surface area (Å²) >= 11 is 0. The molecular weight excluding hydrogens is 300 g/mol. The van der Waals surface area contributed by atoms with E-state index in [1.54, 1.807) is 13.3 Å². The van der Waals surface area contributed by atoms with Crippen LogP contribution in [0.5, 0.6) is 11.6 Å². The Bertz CT molecular complexity index is 761. The smallest absolute Gasteiger partial charge is 0.227 e. The highest BCUT2D eigenvalue weighted by atomic mass is 16.5. The molecule has 1 aliphatic rings. The van der Waals surface area contributed by atoms with Crippen molar-refractivity contribution in [1.29, 1.82) is 0 Å². The van der Waals surface area contributed by atoms with Crippen molar-refractivity contribution in [2.75, 3.05) is 13.7 Å². The van der Waals surface area contributed by atoms with Gasteiger partial charge in [0.05, 0.1) is 7.11 Å². The van der Waals surface area contributed by atoms with Gasteiger partial charge >= 0.3 is 0 Å². The lowest BCUT2D eigenvalue weighted by molar-refractivity contribution is 0.280. The van der Waals surface area contributed by atoms with Crippen LogP contribution < -0.4 is 4.74 Å². The van der Waals surface area contributed by atoms with E-state index in [0.717, 1.165) is 35.6 Å². The van der Waals surface area contributed by atoms with Crippen molar-refractivity contribution < 1.29 is 9.47 Å². The minimum Gasteiger partial charge on any atom is -0.500 e. The molecule has 0 N–H and O–H groups in total. The molecule has 1 aromatic carbocycles. The summed E-state index contributed by atoms with van der Waals surface area (Å²) in [5.41, 5.74) is 3.11. The molecule has 1 aromatic heterocycles. The van der Waals surface area contributed by atoms with Crippen molar-refractivity contribution >= 4 is 11.8 Å². The van der Waals surface area contributed by atoms with Crippen LogP contribution in [0, 0.1) is 0 Å². The Hall–Kier alpha value is -2.62. The lowest BCUT2D eigenvalue weighted by Crippen LogP contribution is -2.05. The molecule has 0 saturated heterocycles. The van der Waals surface area contributed by atoms with Gasteiger partial charge in [-0.2, -0.15) is 0 Å². The predicted octanol–water partition coefficient (Wildman–Crippen LogP) is 4.83. The zero-order valence-electron chi connectivity index (χ0n) is 14.3. The van der Waals surface area contributed by atoms with E-state index < -0.39 is 0 Å². The number of allylic oxidation sites excluding steroid dienone is 1. The minimum absolute atomic E-state index is 0.498. The van der Waals surface area contributed by atoms with Gasteiger partial charge in [-0.3, -0.25) is 4.99 Å². The van der Waals surface area contributed by atoms with Crippen molar-refractivity contribution in [1.82, 2.24) is 4.98 Å². The highest BCUT2D eigenvalue weighted by Crippen LogP contribution is 2.32. The van der Waals surface area contributed by atoms with Gasteiger partial charge in [-0.25, -0.2) is 4.98 Å². The molecule has 0 radical (unpaired) electrons. The molecule has 0 aliphatic carbocycles. The second-order valence-corrected chi connectivity index (χ2v) is 6.01. The fourth-order valence-corrected chi connectivity index (χ4v) is 2.67. The van der Waals surface area contributed by atoms with Gasteiger partial charge in [0, 0.05) is 36.5 Å². The SMILES string of the molecule is COC1=C(c2cccnc2Oc2ccc(C(C)C)cc2)C=NCC1. The summed E-state index contributed by atoms with van der Waals surface area (Å²) in [6.07, 6.45) is 4.36. The molecule has 0 amide bonds. The third kappa shape index (κ3) is 3.48. The molecule has 0 saturated carbocycles. The maximum atomic E-state index is 6.03. The van der Waals surface area contributed by atoms with Gasteiger partial charge in [-0.05, 0) is 35.7 Å². The summed E-state index contributed by atoms with van der Waals surface area (Å²) in [5.74, 6) is 2.75. The summed E-state index contributed by atoms with van der Waals surface area (Å²) < 4.78 is 11.5. The molecule has 2 aromatic rings. The fraction of sp³-hybridized carbons (Fsp3) is 0.300. The number of aromatic nitrogens is 1. The first-order valence-corrected chi connectivity index (χ1v) is 8.19. The van der Waals surface area contributed by atoms with Crippen molar-refractivity contribution in [3.63, 3.8) is 0 Å². The molecule has 124 valence electrons. The maximum absolute atomic E-state index is 6.03. The van der Waals surface area contributed by atoms with Crippen LogP contribution in [-0.2, 0) is 4.74 Å². The van der Waals surface area contributed by atoms with E-state index in [9.17, 15) is 0 Å². The summed E-state index contributed by atoms with van der Waals surface area (Å²) in [6, 6.07) is 12.0. The molecule has 0 fully saturated rings. The Kier molecular flexibility index (Phi) is 4.94. The normalized spacial score (nSPS) is 14.2. The summed E-state index contributed by atoms with van der Waals surface area (Å²) in [7, 11) is 1.69. The van der Waals surface area contributed by atoms with Crippen LogP contribution in [0.3, 0.4) is 0 Å². The highest BCUT2D eigenvalue weighted by Gasteiger charge is 2.17. The number of benzene rings is 1. The average molecular weight is 322 g/mol. The van der Waals surface area contributed by atoms with E-state index in [4.69, 9.17) is 9.47 Å². The van der Waals surface area contributed by atoms with E-state index in [2.05, 4.69) is 36.0 Å². The van der Waals surface area contributed by atoms with Crippen molar-refractivity contribution in [2.24, 2.45) is 4.99 Å². The Morgan fingerprint density at radius 1 is 1.08 bits per heavy atom. The molecule has 1 aliphatic heterocycles. The average Bonchev–Trinajstić information content (AvgIpc) is 2.62. The second-order valence-electron chi connectivity index (χ2n) is 6.01. The largest absolute Gasteiger partial charge is 0.500 e. The summed E-state index contributed by atoms with van der Waals surface area (Å²) in [5, 5.41) is 0. The highest BCUT2D eigenvalue weighted by molar-refractivity contribution is 6.12. The number of pyridine rings is 1. The Labute approximate surface area is 142 Å². The van der Waals surface area contributed by atoms with E-state index in [-0.39, 0.29) is 0 Å². The lowest BCUT2D eigenvalue weighted by Gasteiger charge is -2.16. The number of hydrogen-bond donors (Lipinski definition) is 0. The van der Waals surface area contributed by atoms with Gasteiger partial charge in [0.15, 0.2) is 0 Å². The molecule has 4 nitrogen and oxygen atoms in total. The number of hydrogen-bond acceptors (Lipinski definition) is 4. The second kappa shape index (κ2) is 7.30. The van der Waals surface area contributed by atoms with Crippen LogP contribution in [0.4, 0.5) is 0 Å². The third-order valence-electron chi connectivity index (χ3n) is 4.06. The maximum Gasteiger partial charge on any atom is 0.227 e. The Morgan fingerprint density at radius 3 is 2.58 bits per heavy atom. The first-order chi connectivity index (χ1) is 11.7. The van der Waals surface area contributed by atoms with Gasteiger partial charge in [0.1, 0.15) is 11.5 Å². The zero-order valence-corrected chi connectivity index (χ0v) is 14.3. The van der Waals surface area contributed by atoms with Gasteiger partial charge < -0.3 is 9.47 Å². The van der Waals surface area contributed by atoms with E-state index in [1.807, 2.05) is 30.5 Å². The monoisotopic (exact) mass is 322 g/mol. The predicted molar refractivity (Wildman–Crippen MR) is 96.7 cm³/mol. The van der Waals surface area contributed by atoms with Crippen LogP contribution in [0.15, 0.2) is 53.3 Å². The van der Waals surface area contributed by atoms with Gasteiger partial charge in [-0.15, -0.1) is 0 Å². The summed E-state index contributed by atoms with van der Waals surface area (Å²) in [4.78, 5) is 8.77. The molecule has 0 unspecified atom stereocenters. The number of methoxy groups -OCH3 is 1. The Balaban J connectivity index is 1.92. The van der Waals surface area contributed by atoms with Gasteiger partial charge in [-0.1, -0.05) is 26.0 Å². The van der Waals surface area contributed by atoms with Crippen molar-refractivity contribution in [2.45, 2.75) is 26.2 Å². The topological polar surface area (TPSA) is 43.7 Å². The standard InChI is InChI=1S/C20H22N2O2/c1-14(2)15-6-8-16(9-7-15)24-20-17(5-4-11-22-20)18-13-21-12-10-19(18)23-3/h4-9,11,13-14H,10,12H2,1-3H3. The molecule has 4 heteroatoms. The molecule has 0 spiro atoms. The number of aliphatic imine (C=N–C) groups is 1. The van der Waals surface area contributed by atoms with Crippen molar-refractivity contribution in [3.8, 4) is 11.6 Å². The number of rotatable bonds is 5. The van der Waals surface area contributed by atoms with E-state index in [1.165, 1.54) is 5.56 Å². The molecular formula is C20H22N2O2. The van der Waals surface area contributed by atoms with Crippen LogP contribution >= 0.6 is 0 Å². The van der Waals surface area contributed by atoms with Crippen LogP contribution in [-0.4, -0.2) is 24.9 Å². The fourth-order valence-electron chi connectivity index (χ4n) is 2.67. The molecule has 0 bridgehead atoms. The quantitative estimate of drug-likeness (QED) is 0.792. The van der Waals surface area contributed by atoms with Gasteiger partial charge in [0.2, 0.25) is 5.88 Å². The van der Waals surface area contributed by atoms with Crippen LogP contribution in [0.2, 0.25) is 0 Å². The minimum atomic E-state index is 0.498. The first-order valence-electron chi connectivity index (χ1n) is 8.19. The number of nitrogens with zero attached hydrogens (tertiary/aromatic N) is 2. The van der Waals surface area contributed by atoms with Crippen LogP contribution in [0.25, 0.3) is 5.57 Å². The number of ether oxygens (including phenoxy) is 2.